The molecule has 0 bridgehead atoms. The minimum absolute atomic E-state index is 0.0450. The van der Waals surface area contributed by atoms with Crippen molar-refractivity contribution in [2.45, 2.75) is 45.6 Å². The topological polar surface area (TPSA) is 46.5 Å². The number of benzene rings is 1. The van der Waals surface area contributed by atoms with Crippen LogP contribution in [0.1, 0.15) is 40.2 Å². The largest absolute Gasteiger partial charge is 0.478 e. The van der Waals surface area contributed by atoms with Gasteiger partial charge in [-0.05, 0) is 52.9 Å². The molecule has 0 atom stereocenters. The number of ether oxygens (including phenoxy) is 1. The molecule has 0 radical (unpaired) electrons. The van der Waals surface area contributed by atoms with Crippen LogP contribution in [-0.4, -0.2) is 16.7 Å². The van der Waals surface area contributed by atoms with Crippen LogP contribution in [0.3, 0.4) is 0 Å². The van der Waals surface area contributed by atoms with E-state index in [1.165, 1.54) is 13.8 Å². The molecule has 0 aliphatic heterocycles. The number of aliphatic carboxylic acids is 1. The van der Waals surface area contributed by atoms with Crippen LogP contribution in [0.25, 0.3) is 0 Å². The van der Waals surface area contributed by atoms with Crippen LogP contribution in [0, 0.1) is 0 Å². The van der Waals surface area contributed by atoms with E-state index in [0.717, 1.165) is 10.0 Å². The number of carboxylic acids is 1. The van der Waals surface area contributed by atoms with Gasteiger partial charge in [-0.2, -0.15) is 0 Å². The van der Waals surface area contributed by atoms with Crippen molar-refractivity contribution in [3.05, 3.63) is 28.2 Å². The summed E-state index contributed by atoms with van der Waals surface area (Å²) in [6.45, 7) is 9.42. The predicted octanol–water partition coefficient (Wildman–Crippen LogP) is 3.99. The molecule has 0 spiro atoms. The molecular formula is C14H19BrO3. The van der Waals surface area contributed by atoms with Crippen LogP contribution >= 0.6 is 15.9 Å². The highest BCUT2D eigenvalue weighted by atomic mass is 79.9. The number of carboxylic acid groups (broad SMARTS) is 1. The normalized spacial score (nSPS) is 12.3. The lowest BCUT2D eigenvalue weighted by atomic mass is 9.87. The van der Waals surface area contributed by atoms with Crippen molar-refractivity contribution in [2.75, 3.05) is 0 Å². The molecule has 0 aliphatic carbocycles. The van der Waals surface area contributed by atoms with E-state index in [-0.39, 0.29) is 5.41 Å². The number of hydrogen-bond donors (Lipinski definition) is 1. The van der Waals surface area contributed by atoms with Crippen molar-refractivity contribution in [3.63, 3.8) is 0 Å². The fraction of sp³-hybridized carbons (Fsp3) is 0.500. The van der Waals surface area contributed by atoms with Gasteiger partial charge in [-0.15, -0.1) is 0 Å². The lowest BCUT2D eigenvalue weighted by molar-refractivity contribution is -0.152. The first-order valence-electron chi connectivity index (χ1n) is 5.76. The van der Waals surface area contributed by atoms with Crippen LogP contribution in [-0.2, 0) is 10.2 Å². The zero-order chi connectivity index (χ0) is 14.1. The third-order valence-corrected chi connectivity index (χ3v) is 3.30. The Hall–Kier alpha value is -1.03. The van der Waals surface area contributed by atoms with Crippen molar-refractivity contribution in [1.29, 1.82) is 0 Å². The van der Waals surface area contributed by atoms with E-state index in [1.54, 1.807) is 6.07 Å². The maximum atomic E-state index is 11.0. The highest BCUT2D eigenvalue weighted by Gasteiger charge is 2.30. The number of rotatable bonds is 3. The van der Waals surface area contributed by atoms with Gasteiger partial charge in [-0.25, -0.2) is 4.79 Å². The maximum Gasteiger partial charge on any atom is 0.347 e. The zero-order valence-corrected chi connectivity index (χ0v) is 13.0. The third kappa shape index (κ3) is 3.48. The van der Waals surface area contributed by atoms with Crippen molar-refractivity contribution in [3.8, 4) is 5.75 Å². The van der Waals surface area contributed by atoms with Gasteiger partial charge in [-0.1, -0.05) is 26.8 Å². The maximum absolute atomic E-state index is 11.0. The number of carbonyl (C=O) groups is 1. The van der Waals surface area contributed by atoms with E-state index in [0.29, 0.717) is 5.75 Å². The Morgan fingerprint density at radius 1 is 1.22 bits per heavy atom. The van der Waals surface area contributed by atoms with Crippen molar-refractivity contribution in [1.82, 2.24) is 0 Å². The van der Waals surface area contributed by atoms with Gasteiger partial charge in [0.1, 0.15) is 5.75 Å². The molecule has 1 aromatic carbocycles. The summed E-state index contributed by atoms with van der Waals surface area (Å²) in [5, 5.41) is 9.04. The molecule has 0 unspecified atom stereocenters. The van der Waals surface area contributed by atoms with Gasteiger partial charge >= 0.3 is 5.97 Å². The van der Waals surface area contributed by atoms with Crippen LogP contribution in [0.15, 0.2) is 22.7 Å². The average Bonchev–Trinajstić information content (AvgIpc) is 2.19. The second kappa shape index (κ2) is 4.92. The van der Waals surface area contributed by atoms with E-state index >= 15 is 0 Å². The smallest absolute Gasteiger partial charge is 0.347 e. The monoisotopic (exact) mass is 314 g/mol. The van der Waals surface area contributed by atoms with Gasteiger partial charge in [0.2, 0.25) is 0 Å². The molecule has 0 aliphatic rings. The first-order valence-corrected chi connectivity index (χ1v) is 6.56. The molecule has 18 heavy (non-hydrogen) atoms. The zero-order valence-electron chi connectivity index (χ0n) is 11.4. The highest BCUT2D eigenvalue weighted by molar-refractivity contribution is 9.10. The van der Waals surface area contributed by atoms with Gasteiger partial charge in [0, 0.05) is 0 Å². The minimum Gasteiger partial charge on any atom is -0.478 e. The second-order valence-electron chi connectivity index (χ2n) is 5.81. The Kier molecular flexibility index (Phi) is 4.11. The van der Waals surface area contributed by atoms with Gasteiger partial charge in [0.05, 0.1) is 4.47 Å². The van der Waals surface area contributed by atoms with Gasteiger partial charge in [-0.3, -0.25) is 0 Å². The Morgan fingerprint density at radius 2 is 1.78 bits per heavy atom. The number of hydrogen-bond acceptors (Lipinski definition) is 2. The van der Waals surface area contributed by atoms with E-state index in [4.69, 9.17) is 9.84 Å². The molecular weight excluding hydrogens is 296 g/mol. The van der Waals surface area contributed by atoms with Crippen molar-refractivity contribution >= 4 is 21.9 Å². The van der Waals surface area contributed by atoms with Crippen LogP contribution in [0.2, 0.25) is 0 Å². The summed E-state index contributed by atoms with van der Waals surface area (Å²) in [5.74, 6) is -0.454. The molecule has 0 amide bonds. The van der Waals surface area contributed by atoms with Crippen LogP contribution in [0.5, 0.6) is 5.75 Å². The van der Waals surface area contributed by atoms with E-state index in [9.17, 15) is 4.79 Å². The molecule has 100 valence electrons. The Morgan fingerprint density at radius 3 is 2.17 bits per heavy atom. The van der Waals surface area contributed by atoms with Crippen molar-refractivity contribution < 1.29 is 14.6 Å². The standard InChI is InChI=1S/C14H19BrO3/c1-13(2,3)9-6-7-11(10(15)8-9)18-14(4,5)12(16)17/h6-8H,1-5H3,(H,16,17). The molecule has 0 saturated heterocycles. The molecule has 0 fully saturated rings. The Labute approximate surface area is 116 Å². The average molecular weight is 315 g/mol. The Bertz CT molecular complexity index is 459. The first kappa shape index (κ1) is 15.0. The van der Waals surface area contributed by atoms with Crippen LogP contribution in [0.4, 0.5) is 0 Å². The fourth-order valence-corrected chi connectivity index (χ4v) is 1.83. The number of halogens is 1. The molecule has 0 heterocycles. The molecule has 0 aromatic heterocycles. The summed E-state index contributed by atoms with van der Waals surface area (Å²) in [4.78, 5) is 11.0. The molecule has 1 N–H and O–H groups in total. The lowest BCUT2D eigenvalue weighted by Crippen LogP contribution is -2.38. The van der Waals surface area contributed by atoms with Gasteiger partial charge < -0.3 is 9.84 Å². The first-order chi connectivity index (χ1) is 8.04. The summed E-state index contributed by atoms with van der Waals surface area (Å²) in [7, 11) is 0. The molecule has 4 heteroatoms. The lowest BCUT2D eigenvalue weighted by Gasteiger charge is -2.24. The minimum atomic E-state index is -1.24. The Balaban J connectivity index is 3.04. The van der Waals surface area contributed by atoms with Crippen LogP contribution < -0.4 is 4.74 Å². The molecule has 0 saturated carbocycles. The van der Waals surface area contributed by atoms with Crippen molar-refractivity contribution in [2.24, 2.45) is 0 Å². The van der Waals surface area contributed by atoms with E-state index in [1.807, 2.05) is 12.1 Å². The molecule has 1 rings (SSSR count). The van der Waals surface area contributed by atoms with E-state index < -0.39 is 11.6 Å². The fourth-order valence-electron chi connectivity index (χ4n) is 1.37. The predicted molar refractivity (Wildman–Crippen MR) is 75.2 cm³/mol. The molecule has 3 nitrogen and oxygen atoms in total. The summed E-state index contributed by atoms with van der Waals surface area (Å²) in [6.07, 6.45) is 0. The molecule has 1 aromatic rings. The summed E-state index contributed by atoms with van der Waals surface area (Å²) in [5.41, 5.74) is -0.0374. The summed E-state index contributed by atoms with van der Waals surface area (Å²) in [6, 6.07) is 5.72. The van der Waals surface area contributed by atoms with E-state index in [2.05, 4.69) is 36.7 Å². The SMILES string of the molecule is CC(C)(Oc1ccc(C(C)(C)C)cc1Br)C(=O)O. The summed E-state index contributed by atoms with van der Waals surface area (Å²) < 4.78 is 6.28. The summed E-state index contributed by atoms with van der Waals surface area (Å²) >= 11 is 3.42. The van der Waals surface area contributed by atoms with Gasteiger partial charge in [0.15, 0.2) is 5.60 Å². The second-order valence-corrected chi connectivity index (χ2v) is 6.67. The quantitative estimate of drug-likeness (QED) is 0.917. The van der Waals surface area contributed by atoms with Gasteiger partial charge in [0.25, 0.3) is 0 Å². The highest BCUT2D eigenvalue weighted by Crippen LogP contribution is 2.33. The third-order valence-electron chi connectivity index (χ3n) is 2.68.